The summed E-state index contributed by atoms with van der Waals surface area (Å²) in [5, 5.41) is 9.69. The zero-order chi connectivity index (χ0) is 12.8. The van der Waals surface area contributed by atoms with Gasteiger partial charge in [-0.15, -0.1) is 0 Å². The van der Waals surface area contributed by atoms with Gasteiger partial charge in [0.05, 0.1) is 32.3 Å². The van der Waals surface area contributed by atoms with Crippen LogP contribution in [0.3, 0.4) is 0 Å². The Balaban J connectivity index is 2.73. The number of hydrogen-bond donors (Lipinski definition) is 1. The quantitative estimate of drug-likeness (QED) is 0.794. The Morgan fingerprint density at radius 3 is 2.24 bits per heavy atom. The van der Waals surface area contributed by atoms with Crippen LogP contribution >= 0.6 is 0 Å². The van der Waals surface area contributed by atoms with Crippen LogP contribution in [0.4, 0.5) is 0 Å². The lowest BCUT2D eigenvalue weighted by Crippen LogP contribution is -2.08. The van der Waals surface area contributed by atoms with Crippen molar-refractivity contribution in [3.05, 3.63) is 35.4 Å². The number of hydrogen-bond acceptors (Lipinski definition) is 5. The van der Waals surface area contributed by atoms with E-state index >= 15 is 0 Å². The van der Waals surface area contributed by atoms with Crippen LogP contribution in [0, 0.1) is 0 Å². The second-order valence-electron chi connectivity index (χ2n) is 3.41. The van der Waals surface area contributed by atoms with Gasteiger partial charge in [-0.05, 0) is 17.7 Å². The summed E-state index contributed by atoms with van der Waals surface area (Å²) in [6.07, 6.45) is -1.05. The number of ether oxygens (including phenoxy) is 2. The number of carbonyl (C=O) groups excluding carboxylic acids is 2. The standard InChI is InChI=1S/C12H14O5/c1-16-11(14)7-10(13)8-3-5-9(6-4-8)12(15)17-2/h3-6,10,13H,7H2,1-2H3/t10-/m0/s1. The second kappa shape index (κ2) is 6.00. The van der Waals surface area contributed by atoms with Gasteiger partial charge in [0, 0.05) is 0 Å². The van der Waals surface area contributed by atoms with Crippen LogP contribution in [0.1, 0.15) is 28.4 Å². The van der Waals surface area contributed by atoms with E-state index in [0.29, 0.717) is 11.1 Å². The molecule has 1 rings (SSSR count). The molecule has 0 aliphatic carbocycles. The van der Waals surface area contributed by atoms with E-state index in [4.69, 9.17) is 0 Å². The minimum atomic E-state index is -0.936. The zero-order valence-corrected chi connectivity index (χ0v) is 9.67. The van der Waals surface area contributed by atoms with E-state index in [9.17, 15) is 14.7 Å². The van der Waals surface area contributed by atoms with Crippen LogP contribution in [0.2, 0.25) is 0 Å². The monoisotopic (exact) mass is 238 g/mol. The van der Waals surface area contributed by atoms with Gasteiger partial charge in [-0.1, -0.05) is 12.1 Å². The third kappa shape index (κ3) is 3.57. The highest BCUT2D eigenvalue weighted by molar-refractivity contribution is 5.89. The van der Waals surface area contributed by atoms with Crippen LogP contribution in [-0.4, -0.2) is 31.3 Å². The molecule has 1 atom stereocenters. The fourth-order valence-electron chi connectivity index (χ4n) is 1.32. The predicted molar refractivity (Wildman–Crippen MR) is 59.4 cm³/mol. The topological polar surface area (TPSA) is 72.8 Å². The number of rotatable bonds is 4. The smallest absolute Gasteiger partial charge is 0.337 e. The number of aliphatic hydroxyl groups excluding tert-OH is 1. The molecule has 0 aliphatic rings. The number of esters is 2. The van der Waals surface area contributed by atoms with Crippen molar-refractivity contribution in [1.29, 1.82) is 0 Å². The maximum Gasteiger partial charge on any atom is 0.337 e. The Kier molecular flexibility index (Phi) is 4.66. The highest BCUT2D eigenvalue weighted by atomic mass is 16.5. The van der Waals surface area contributed by atoms with Gasteiger partial charge < -0.3 is 14.6 Å². The van der Waals surface area contributed by atoms with Crippen LogP contribution in [0.5, 0.6) is 0 Å². The molecule has 0 spiro atoms. The van der Waals surface area contributed by atoms with Crippen molar-refractivity contribution >= 4 is 11.9 Å². The molecule has 1 aromatic rings. The molecule has 0 amide bonds. The third-order valence-electron chi connectivity index (χ3n) is 2.30. The summed E-state index contributed by atoms with van der Waals surface area (Å²) in [5.74, 6) is -0.937. The molecule has 17 heavy (non-hydrogen) atoms. The first-order chi connectivity index (χ1) is 8.08. The molecule has 0 saturated carbocycles. The minimum Gasteiger partial charge on any atom is -0.469 e. The van der Waals surface area contributed by atoms with Gasteiger partial charge in [0.2, 0.25) is 0 Å². The highest BCUT2D eigenvalue weighted by Crippen LogP contribution is 2.17. The van der Waals surface area contributed by atoms with Crippen molar-refractivity contribution in [1.82, 2.24) is 0 Å². The highest BCUT2D eigenvalue weighted by Gasteiger charge is 2.14. The van der Waals surface area contributed by atoms with Gasteiger partial charge in [0.1, 0.15) is 0 Å². The fourth-order valence-corrected chi connectivity index (χ4v) is 1.32. The molecule has 0 aromatic heterocycles. The van der Waals surface area contributed by atoms with E-state index in [2.05, 4.69) is 9.47 Å². The van der Waals surface area contributed by atoms with Crippen LogP contribution in [-0.2, 0) is 14.3 Å². The summed E-state index contributed by atoms with van der Waals surface area (Å²) in [7, 11) is 2.55. The van der Waals surface area contributed by atoms with Crippen molar-refractivity contribution in [2.75, 3.05) is 14.2 Å². The van der Waals surface area contributed by atoms with E-state index in [1.807, 2.05) is 0 Å². The summed E-state index contributed by atoms with van der Waals surface area (Å²) in [4.78, 5) is 22.1. The summed E-state index contributed by atoms with van der Waals surface area (Å²) in [5.41, 5.74) is 0.935. The molecule has 0 saturated heterocycles. The van der Waals surface area contributed by atoms with Crippen LogP contribution in [0.25, 0.3) is 0 Å². The summed E-state index contributed by atoms with van der Waals surface area (Å²) in [6.45, 7) is 0. The molecular weight excluding hydrogens is 224 g/mol. The van der Waals surface area contributed by atoms with E-state index in [1.54, 1.807) is 12.1 Å². The zero-order valence-electron chi connectivity index (χ0n) is 9.67. The predicted octanol–water partition coefficient (Wildman–Crippen LogP) is 1.07. The minimum absolute atomic E-state index is 0.117. The molecule has 0 unspecified atom stereocenters. The first-order valence-electron chi connectivity index (χ1n) is 5.01. The van der Waals surface area contributed by atoms with Crippen molar-refractivity contribution in [2.24, 2.45) is 0 Å². The average Bonchev–Trinajstić information content (AvgIpc) is 2.37. The number of methoxy groups -OCH3 is 2. The summed E-state index contributed by atoms with van der Waals surface area (Å²) < 4.78 is 8.99. The summed E-state index contributed by atoms with van der Waals surface area (Å²) in [6, 6.07) is 6.20. The first-order valence-corrected chi connectivity index (χ1v) is 5.01. The molecule has 0 fully saturated rings. The molecule has 5 heteroatoms. The molecular formula is C12H14O5. The molecule has 1 N–H and O–H groups in total. The third-order valence-corrected chi connectivity index (χ3v) is 2.30. The van der Waals surface area contributed by atoms with E-state index in [1.165, 1.54) is 26.4 Å². The van der Waals surface area contributed by atoms with Gasteiger partial charge >= 0.3 is 11.9 Å². The fraction of sp³-hybridized carbons (Fsp3) is 0.333. The SMILES string of the molecule is COC(=O)C[C@H](O)c1ccc(C(=O)OC)cc1. The maximum atomic E-state index is 11.2. The van der Waals surface area contributed by atoms with Gasteiger partial charge in [0.15, 0.2) is 0 Å². The molecule has 1 aromatic carbocycles. The molecule has 5 nitrogen and oxygen atoms in total. The second-order valence-corrected chi connectivity index (χ2v) is 3.41. The van der Waals surface area contributed by atoms with Crippen molar-refractivity contribution in [2.45, 2.75) is 12.5 Å². The van der Waals surface area contributed by atoms with Gasteiger partial charge in [0.25, 0.3) is 0 Å². The Hall–Kier alpha value is -1.88. The molecule has 0 heterocycles. The van der Waals surface area contributed by atoms with Crippen LogP contribution < -0.4 is 0 Å². The molecule has 0 aliphatic heterocycles. The Morgan fingerprint density at radius 1 is 1.18 bits per heavy atom. The van der Waals surface area contributed by atoms with Crippen molar-refractivity contribution in [3.63, 3.8) is 0 Å². The molecule has 0 radical (unpaired) electrons. The normalized spacial score (nSPS) is 11.7. The van der Waals surface area contributed by atoms with Crippen molar-refractivity contribution in [3.8, 4) is 0 Å². The summed E-state index contributed by atoms with van der Waals surface area (Å²) >= 11 is 0. The lowest BCUT2D eigenvalue weighted by Gasteiger charge is -2.09. The van der Waals surface area contributed by atoms with Gasteiger partial charge in [-0.25, -0.2) is 4.79 Å². The van der Waals surface area contributed by atoms with E-state index in [0.717, 1.165) is 0 Å². The van der Waals surface area contributed by atoms with Crippen molar-refractivity contribution < 1.29 is 24.2 Å². The number of aliphatic hydroxyl groups is 1. The first kappa shape index (κ1) is 13.2. The largest absolute Gasteiger partial charge is 0.469 e. The van der Waals surface area contributed by atoms with E-state index in [-0.39, 0.29) is 6.42 Å². The van der Waals surface area contributed by atoms with E-state index < -0.39 is 18.0 Å². The average molecular weight is 238 g/mol. The Morgan fingerprint density at radius 2 is 1.76 bits per heavy atom. The van der Waals surface area contributed by atoms with Gasteiger partial charge in [-0.2, -0.15) is 0 Å². The van der Waals surface area contributed by atoms with Crippen LogP contribution in [0.15, 0.2) is 24.3 Å². The Bertz CT molecular complexity index is 396. The maximum absolute atomic E-state index is 11.2. The van der Waals surface area contributed by atoms with Gasteiger partial charge in [-0.3, -0.25) is 4.79 Å². The number of carbonyl (C=O) groups is 2. The lowest BCUT2D eigenvalue weighted by molar-refractivity contribution is -0.142. The molecule has 0 bridgehead atoms. The Labute approximate surface area is 99.0 Å². The number of benzene rings is 1. The molecule has 92 valence electrons. The lowest BCUT2D eigenvalue weighted by atomic mass is 10.0.